The fourth-order valence-electron chi connectivity index (χ4n) is 3.45. The van der Waals surface area contributed by atoms with Gasteiger partial charge in [-0.05, 0) is 36.6 Å². The van der Waals surface area contributed by atoms with Crippen molar-refractivity contribution in [3.05, 3.63) is 54.1 Å². The maximum Gasteiger partial charge on any atom is 0.321 e. The molecule has 7 heteroatoms. The number of carbonyl (C=O) groups excluding carboxylic acids is 2. The van der Waals surface area contributed by atoms with Gasteiger partial charge in [-0.25, -0.2) is 4.79 Å². The second-order valence-electron chi connectivity index (χ2n) is 6.70. The third-order valence-electron chi connectivity index (χ3n) is 4.96. The fourth-order valence-corrected chi connectivity index (χ4v) is 3.91. The molecule has 1 fully saturated rings. The van der Waals surface area contributed by atoms with Gasteiger partial charge in [0.2, 0.25) is 0 Å². The summed E-state index contributed by atoms with van der Waals surface area (Å²) in [7, 11) is 0. The number of urea groups is 1. The van der Waals surface area contributed by atoms with E-state index in [1.807, 2.05) is 48.7 Å². The average Bonchev–Trinajstić information content (AvgIpc) is 2.68. The fraction of sp³-hybridized carbons (Fsp3) is 0.300. The number of carbonyl (C=O) groups is 2. The lowest BCUT2D eigenvalue weighted by molar-refractivity contribution is -0.0203. The SMILES string of the molecule is CSc1cccc(NC(=O)N2CCC3(CC2)NC(=O)c2ccccc2O3)c1. The molecular weight excluding hydrogens is 362 g/mol. The Labute approximate surface area is 162 Å². The second-order valence-corrected chi connectivity index (χ2v) is 7.58. The average molecular weight is 383 g/mol. The molecule has 2 N–H and O–H groups in total. The van der Waals surface area contributed by atoms with Gasteiger partial charge in [-0.1, -0.05) is 18.2 Å². The van der Waals surface area contributed by atoms with Gasteiger partial charge in [0.05, 0.1) is 5.56 Å². The van der Waals surface area contributed by atoms with E-state index in [0.717, 1.165) is 10.6 Å². The largest absolute Gasteiger partial charge is 0.467 e. The Bertz CT molecular complexity index is 878. The summed E-state index contributed by atoms with van der Waals surface area (Å²) in [4.78, 5) is 27.8. The highest BCUT2D eigenvalue weighted by atomic mass is 32.2. The number of para-hydroxylation sites is 1. The maximum absolute atomic E-state index is 12.6. The number of ether oxygens (including phenoxy) is 1. The molecule has 0 aliphatic carbocycles. The van der Waals surface area contributed by atoms with Crippen LogP contribution in [0.2, 0.25) is 0 Å². The van der Waals surface area contributed by atoms with E-state index >= 15 is 0 Å². The molecule has 0 radical (unpaired) electrons. The van der Waals surface area contributed by atoms with Crippen LogP contribution >= 0.6 is 11.8 Å². The molecule has 6 nitrogen and oxygen atoms in total. The summed E-state index contributed by atoms with van der Waals surface area (Å²) in [5.74, 6) is 0.483. The zero-order valence-electron chi connectivity index (χ0n) is 15.0. The molecule has 2 aromatic carbocycles. The molecule has 4 rings (SSSR count). The van der Waals surface area contributed by atoms with Gasteiger partial charge in [0.25, 0.3) is 5.91 Å². The van der Waals surface area contributed by atoms with Crippen molar-refractivity contribution in [2.45, 2.75) is 23.5 Å². The number of hydrogen-bond acceptors (Lipinski definition) is 4. The van der Waals surface area contributed by atoms with Crippen molar-refractivity contribution in [3.8, 4) is 5.75 Å². The lowest BCUT2D eigenvalue weighted by Crippen LogP contribution is -2.61. The van der Waals surface area contributed by atoms with Crippen molar-refractivity contribution in [1.82, 2.24) is 10.2 Å². The number of benzene rings is 2. The predicted octanol–water partition coefficient (Wildman–Crippen LogP) is 3.55. The number of rotatable bonds is 2. The van der Waals surface area contributed by atoms with Crippen LogP contribution in [0, 0.1) is 0 Å². The lowest BCUT2D eigenvalue weighted by atomic mass is 9.97. The number of piperidine rings is 1. The van der Waals surface area contributed by atoms with Gasteiger partial charge in [-0.3, -0.25) is 4.79 Å². The summed E-state index contributed by atoms with van der Waals surface area (Å²) in [6.45, 7) is 1.02. The zero-order chi connectivity index (χ0) is 18.9. The Balaban J connectivity index is 1.40. The molecule has 0 atom stereocenters. The van der Waals surface area contributed by atoms with Crippen LogP contribution < -0.4 is 15.4 Å². The number of anilines is 1. The summed E-state index contributed by atoms with van der Waals surface area (Å²) in [5, 5.41) is 5.94. The van der Waals surface area contributed by atoms with Crippen LogP contribution in [0.3, 0.4) is 0 Å². The second kappa shape index (κ2) is 7.15. The number of fused-ring (bicyclic) bond motifs is 1. The normalized spacial score (nSPS) is 17.7. The summed E-state index contributed by atoms with van der Waals surface area (Å²) in [6.07, 6.45) is 3.10. The van der Waals surface area contributed by atoms with Crippen LogP contribution in [0.4, 0.5) is 10.5 Å². The molecule has 27 heavy (non-hydrogen) atoms. The highest BCUT2D eigenvalue weighted by molar-refractivity contribution is 7.98. The van der Waals surface area contributed by atoms with Crippen LogP contribution in [0.5, 0.6) is 5.75 Å². The third-order valence-corrected chi connectivity index (χ3v) is 5.68. The van der Waals surface area contributed by atoms with Gasteiger partial charge in [0.15, 0.2) is 5.72 Å². The minimum Gasteiger partial charge on any atom is -0.467 e. The first-order valence-corrected chi connectivity index (χ1v) is 10.1. The van der Waals surface area contributed by atoms with E-state index in [1.165, 1.54) is 0 Å². The first-order valence-electron chi connectivity index (χ1n) is 8.89. The van der Waals surface area contributed by atoms with E-state index in [4.69, 9.17) is 4.74 Å². The van der Waals surface area contributed by atoms with Gasteiger partial charge in [0, 0.05) is 36.5 Å². The molecule has 0 saturated carbocycles. The highest BCUT2D eigenvalue weighted by Crippen LogP contribution is 2.33. The topological polar surface area (TPSA) is 70.7 Å². The molecule has 2 heterocycles. The Kier molecular flexibility index (Phi) is 4.70. The molecule has 1 spiro atoms. The van der Waals surface area contributed by atoms with Gasteiger partial charge in [-0.15, -0.1) is 11.8 Å². The third kappa shape index (κ3) is 3.60. The molecule has 3 amide bonds. The minimum atomic E-state index is -0.735. The number of nitrogens with zero attached hydrogens (tertiary/aromatic N) is 1. The number of likely N-dealkylation sites (tertiary alicyclic amines) is 1. The number of hydrogen-bond donors (Lipinski definition) is 2. The molecule has 0 bridgehead atoms. The van der Waals surface area contributed by atoms with Gasteiger partial charge >= 0.3 is 6.03 Å². The quantitative estimate of drug-likeness (QED) is 0.778. The van der Waals surface area contributed by atoms with E-state index in [2.05, 4.69) is 10.6 Å². The van der Waals surface area contributed by atoms with Crippen molar-refractivity contribution in [3.63, 3.8) is 0 Å². The lowest BCUT2D eigenvalue weighted by Gasteiger charge is -2.44. The van der Waals surface area contributed by atoms with Crippen LogP contribution in [0.15, 0.2) is 53.4 Å². The molecule has 2 aromatic rings. The van der Waals surface area contributed by atoms with Crippen LogP contribution in [-0.4, -0.2) is 41.9 Å². The Morgan fingerprint density at radius 1 is 1.19 bits per heavy atom. The number of thioether (sulfide) groups is 1. The van der Waals surface area contributed by atoms with Gasteiger partial charge in [0.1, 0.15) is 5.75 Å². The van der Waals surface area contributed by atoms with E-state index in [1.54, 1.807) is 22.7 Å². The van der Waals surface area contributed by atoms with Crippen molar-refractivity contribution < 1.29 is 14.3 Å². The predicted molar refractivity (Wildman–Crippen MR) is 105 cm³/mol. The van der Waals surface area contributed by atoms with Crippen molar-refractivity contribution in [2.24, 2.45) is 0 Å². The maximum atomic E-state index is 12.6. The number of amides is 3. The Morgan fingerprint density at radius 2 is 1.96 bits per heavy atom. The standard InChI is InChI=1S/C20H21N3O3S/c1-27-15-6-4-5-14(13-15)21-19(25)23-11-9-20(10-12-23)22-18(24)16-7-2-3-8-17(16)26-20/h2-8,13H,9-12H2,1H3,(H,21,25)(H,22,24). The first kappa shape index (κ1) is 17.7. The smallest absolute Gasteiger partial charge is 0.321 e. The summed E-state index contributed by atoms with van der Waals surface area (Å²) < 4.78 is 6.11. The molecule has 1 saturated heterocycles. The molecule has 140 valence electrons. The summed E-state index contributed by atoms with van der Waals surface area (Å²) in [5.41, 5.74) is 0.598. The van der Waals surface area contributed by atoms with Crippen LogP contribution in [0.25, 0.3) is 0 Å². The molecule has 0 aromatic heterocycles. The monoisotopic (exact) mass is 383 g/mol. The highest BCUT2D eigenvalue weighted by Gasteiger charge is 2.43. The number of nitrogens with one attached hydrogen (secondary N) is 2. The van der Waals surface area contributed by atoms with Crippen molar-refractivity contribution in [1.29, 1.82) is 0 Å². The molecule has 2 aliphatic heterocycles. The van der Waals surface area contributed by atoms with E-state index < -0.39 is 5.72 Å². The van der Waals surface area contributed by atoms with Crippen molar-refractivity contribution in [2.75, 3.05) is 24.7 Å². The van der Waals surface area contributed by atoms with Crippen LogP contribution in [0.1, 0.15) is 23.2 Å². The van der Waals surface area contributed by atoms with Crippen molar-refractivity contribution >= 4 is 29.4 Å². The Morgan fingerprint density at radius 3 is 2.74 bits per heavy atom. The van der Waals surface area contributed by atoms with Gasteiger partial charge < -0.3 is 20.3 Å². The zero-order valence-corrected chi connectivity index (χ0v) is 15.8. The van der Waals surface area contributed by atoms with E-state index in [0.29, 0.717) is 37.2 Å². The molecule has 0 unspecified atom stereocenters. The first-order chi connectivity index (χ1) is 13.1. The minimum absolute atomic E-state index is 0.122. The summed E-state index contributed by atoms with van der Waals surface area (Å²) in [6, 6.07) is 14.9. The Hall–Kier alpha value is -2.67. The molecule has 2 aliphatic rings. The van der Waals surface area contributed by atoms with Gasteiger partial charge in [-0.2, -0.15) is 0 Å². The van der Waals surface area contributed by atoms with E-state index in [-0.39, 0.29) is 11.9 Å². The van der Waals surface area contributed by atoms with E-state index in [9.17, 15) is 9.59 Å². The van der Waals surface area contributed by atoms with Crippen LogP contribution in [-0.2, 0) is 0 Å². The molecular formula is C20H21N3O3S. The summed E-state index contributed by atoms with van der Waals surface area (Å²) >= 11 is 1.63.